The fourth-order valence-electron chi connectivity index (χ4n) is 1.78. The first-order valence-corrected chi connectivity index (χ1v) is 5.57. The minimum atomic E-state index is -0.477. The molecule has 0 amide bonds. The van der Waals surface area contributed by atoms with Crippen molar-refractivity contribution >= 4 is 22.6 Å². The largest absolute Gasteiger partial charge is 0.496 e. The zero-order valence-corrected chi connectivity index (χ0v) is 10.3. The lowest BCUT2D eigenvalue weighted by Crippen LogP contribution is -2.09. The van der Waals surface area contributed by atoms with Gasteiger partial charge in [-0.15, -0.1) is 0 Å². The summed E-state index contributed by atoms with van der Waals surface area (Å²) in [6.45, 7) is 2.03. The van der Waals surface area contributed by atoms with Gasteiger partial charge in [0.1, 0.15) is 11.3 Å². The molecular formula is C13H14N2O3. The van der Waals surface area contributed by atoms with Gasteiger partial charge in [0.25, 0.3) is 0 Å². The maximum Gasteiger partial charge on any atom is 0.341 e. The van der Waals surface area contributed by atoms with E-state index in [0.717, 1.165) is 0 Å². The standard InChI is InChI=1S/C13H14N2O3/c1-3-18-13(16)8-7-15-9-5-4-6-10(17-2)11(9)12(8)14/h4-7H,3H2,1-2H3,(H2,14,15). The average molecular weight is 246 g/mol. The highest BCUT2D eigenvalue weighted by atomic mass is 16.5. The molecule has 1 aromatic carbocycles. The molecule has 0 atom stereocenters. The van der Waals surface area contributed by atoms with Gasteiger partial charge in [-0.05, 0) is 19.1 Å². The maximum absolute atomic E-state index is 11.7. The van der Waals surface area contributed by atoms with Crippen molar-refractivity contribution in [3.8, 4) is 5.75 Å². The van der Waals surface area contributed by atoms with Crippen LogP contribution in [-0.2, 0) is 4.74 Å². The van der Waals surface area contributed by atoms with Crippen LogP contribution in [0.5, 0.6) is 5.75 Å². The van der Waals surface area contributed by atoms with Gasteiger partial charge in [0, 0.05) is 6.20 Å². The van der Waals surface area contributed by atoms with E-state index in [9.17, 15) is 4.79 Å². The van der Waals surface area contributed by atoms with Crippen molar-refractivity contribution in [1.29, 1.82) is 0 Å². The van der Waals surface area contributed by atoms with E-state index >= 15 is 0 Å². The summed E-state index contributed by atoms with van der Waals surface area (Å²) in [5.41, 5.74) is 7.27. The Morgan fingerprint density at radius 3 is 2.89 bits per heavy atom. The summed E-state index contributed by atoms with van der Waals surface area (Å²) in [7, 11) is 1.55. The molecule has 5 nitrogen and oxygen atoms in total. The molecule has 1 aromatic heterocycles. The van der Waals surface area contributed by atoms with Crippen molar-refractivity contribution in [2.24, 2.45) is 0 Å². The number of nitrogens with two attached hydrogens (primary N) is 1. The minimum Gasteiger partial charge on any atom is -0.496 e. The Bertz CT molecular complexity index is 596. The molecule has 0 bridgehead atoms. The van der Waals surface area contributed by atoms with Crippen LogP contribution in [0.4, 0.5) is 5.69 Å². The number of esters is 1. The van der Waals surface area contributed by atoms with Gasteiger partial charge in [-0.3, -0.25) is 4.98 Å². The number of ether oxygens (including phenoxy) is 2. The highest BCUT2D eigenvalue weighted by molar-refractivity contribution is 6.06. The van der Waals surface area contributed by atoms with Crippen LogP contribution in [0.25, 0.3) is 10.9 Å². The molecule has 0 fully saturated rings. The molecule has 0 aliphatic heterocycles. The van der Waals surface area contributed by atoms with E-state index in [1.54, 1.807) is 20.1 Å². The summed E-state index contributed by atoms with van der Waals surface area (Å²) in [6.07, 6.45) is 1.43. The Labute approximate surface area is 105 Å². The van der Waals surface area contributed by atoms with Crippen molar-refractivity contribution in [1.82, 2.24) is 4.98 Å². The number of hydrogen-bond acceptors (Lipinski definition) is 5. The summed E-state index contributed by atoms with van der Waals surface area (Å²) in [5, 5.41) is 0.630. The summed E-state index contributed by atoms with van der Waals surface area (Å²) in [5.74, 6) is 0.110. The van der Waals surface area contributed by atoms with Crippen molar-refractivity contribution in [3.05, 3.63) is 30.0 Å². The molecule has 0 saturated carbocycles. The number of methoxy groups -OCH3 is 1. The molecule has 2 rings (SSSR count). The molecule has 2 aromatic rings. The number of fused-ring (bicyclic) bond motifs is 1. The lowest BCUT2D eigenvalue weighted by molar-refractivity contribution is 0.0527. The number of nitrogens with zero attached hydrogens (tertiary/aromatic N) is 1. The average Bonchev–Trinajstić information content (AvgIpc) is 2.38. The van der Waals surface area contributed by atoms with Gasteiger partial charge in [0.05, 0.1) is 30.3 Å². The third-order valence-corrected chi connectivity index (χ3v) is 2.61. The number of hydrogen-bond donors (Lipinski definition) is 1. The van der Waals surface area contributed by atoms with Crippen LogP contribution < -0.4 is 10.5 Å². The molecule has 0 saturated heterocycles. The first kappa shape index (κ1) is 12.2. The van der Waals surface area contributed by atoms with Crippen LogP contribution in [0.2, 0.25) is 0 Å². The van der Waals surface area contributed by atoms with E-state index < -0.39 is 5.97 Å². The summed E-state index contributed by atoms with van der Waals surface area (Å²) >= 11 is 0. The number of carbonyl (C=O) groups excluding carboxylic acids is 1. The molecule has 18 heavy (non-hydrogen) atoms. The van der Waals surface area contributed by atoms with Gasteiger partial charge in [0.2, 0.25) is 0 Å². The molecular weight excluding hydrogens is 232 g/mol. The Morgan fingerprint density at radius 2 is 2.22 bits per heavy atom. The van der Waals surface area contributed by atoms with Crippen LogP contribution in [0.3, 0.4) is 0 Å². The monoisotopic (exact) mass is 246 g/mol. The zero-order valence-electron chi connectivity index (χ0n) is 10.3. The van der Waals surface area contributed by atoms with E-state index in [0.29, 0.717) is 28.9 Å². The fourth-order valence-corrected chi connectivity index (χ4v) is 1.78. The van der Waals surface area contributed by atoms with Crippen LogP contribution in [0.15, 0.2) is 24.4 Å². The quantitative estimate of drug-likeness (QED) is 0.838. The fraction of sp³-hybridized carbons (Fsp3) is 0.231. The molecule has 0 aliphatic carbocycles. The molecule has 2 N–H and O–H groups in total. The first-order valence-electron chi connectivity index (χ1n) is 5.57. The van der Waals surface area contributed by atoms with Crippen molar-refractivity contribution in [2.45, 2.75) is 6.92 Å². The predicted octanol–water partition coefficient (Wildman–Crippen LogP) is 2.00. The number of pyridine rings is 1. The topological polar surface area (TPSA) is 74.4 Å². The van der Waals surface area contributed by atoms with Crippen LogP contribution in [0.1, 0.15) is 17.3 Å². The second kappa shape index (κ2) is 4.91. The van der Waals surface area contributed by atoms with Crippen molar-refractivity contribution < 1.29 is 14.3 Å². The Morgan fingerprint density at radius 1 is 1.44 bits per heavy atom. The van der Waals surface area contributed by atoms with Gasteiger partial charge in [-0.1, -0.05) is 6.07 Å². The lowest BCUT2D eigenvalue weighted by atomic mass is 10.1. The number of carbonyl (C=O) groups is 1. The summed E-state index contributed by atoms with van der Waals surface area (Å²) < 4.78 is 10.2. The van der Waals surface area contributed by atoms with E-state index in [1.807, 2.05) is 12.1 Å². The van der Waals surface area contributed by atoms with Crippen molar-refractivity contribution in [2.75, 3.05) is 19.5 Å². The van der Waals surface area contributed by atoms with Crippen LogP contribution in [0, 0.1) is 0 Å². The summed E-state index contributed by atoms with van der Waals surface area (Å²) in [6, 6.07) is 5.40. The second-order valence-electron chi connectivity index (χ2n) is 3.66. The number of aromatic nitrogens is 1. The van der Waals surface area contributed by atoms with Gasteiger partial charge < -0.3 is 15.2 Å². The van der Waals surface area contributed by atoms with E-state index in [4.69, 9.17) is 15.2 Å². The Hall–Kier alpha value is -2.30. The smallest absolute Gasteiger partial charge is 0.341 e. The van der Waals surface area contributed by atoms with E-state index in [1.165, 1.54) is 6.20 Å². The number of benzene rings is 1. The molecule has 0 radical (unpaired) electrons. The molecule has 0 unspecified atom stereocenters. The molecule has 0 spiro atoms. The van der Waals surface area contributed by atoms with E-state index in [-0.39, 0.29) is 5.56 Å². The normalized spacial score (nSPS) is 10.3. The van der Waals surface area contributed by atoms with Gasteiger partial charge >= 0.3 is 5.97 Å². The second-order valence-corrected chi connectivity index (χ2v) is 3.66. The van der Waals surface area contributed by atoms with Crippen LogP contribution >= 0.6 is 0 Å². The van der Waals surface area contributed by atoms with Gasteiger partial charge in [-0.2, -0.15) is 0 Å². The van der Waals surface area contributed by atoms with Crippen LogP contribution in [-0.4, -0.2) is 24.7 Å². The predicted molar refractivity (Wildman–Crippen MR) is 68.7 cm³/mol. The molecule has 0 aliphatic rings. The molecule has 1 heterocycles. The molecule has 5 heteroatoms. The zero-order chi connectivity index (χ0) is 13.1. The highest BCUT2D eigenvalue weighted by Gasteiger charge is 2.16. The Kier molecular flexibility index (Phi) is 3.32. The third kappa shape index (κ3) is 1.95. The summed E-state index contributed by atoms with van der Waals surface area (Å²) in [4.78, 5) is 15.9. The lowest BCUT2D eigenvalue weighted by Gasteiger charge is -2.10. The SMILES string of the molecule is CCOC(=O)c1cnc2cccc(OC)c2c1N. The van der Waals surface area contributed by atoms with Gasteiger partial charge in [0.15, 0.2) is 0 Å². The van der Waals surface area contributed by atoms with Crippen molar-refractivity contribution in [3.63, 3.8) is 0 Å². The van der Waals surface area contributed by atoms with E-state index in [2.05, 4.69) is 4.98 Å². The highest BCUT2D eigenvalue weighted by Crippen LogP contribution is 2.31. The number of anilines is 1. The third-order valence-electron chi connectivity index (χ3n) is 2.61. The number of rotatable bonds is 3. The Balaban J connectivity index is 2.66. The minimum absolute atomic E-state index is 0.258. The number of nitrogen functional groups attached to an aromatic ring is 1. The first-order chi connectivity index (χ1) is 8.69. The maximum atomic E-state index is 11.7. The van der Waals surface area contributed by atoms with Gasteiger partial charge in [-0.25, -0.2) is 4.79 Å². The molecule has 94 valence electrons.